The molecule has 1 amide bonds. The summed E-state index contributed by atoms with van der Waals surface area (Å²) in [5.41, 5.74) is 0.899. The highest BCUT2D eigenvalue weighted by Crippen LogP contribution is 2.20. The first-order valence-electron chi connectivity index (χ1n) is 6.86. The van der Waals surface area contributed by atoms with Gasteiger partial charge in [0.15, 0.2) is 0 Å². The number of carbonyl (C=O) groups excluding carboxylic acids is 1. The van der Waals surface area contributed by atoms with Crippen molar-refractivity contribution in [3.63, 3.8) is 0 Å². The molecule has 0 heterocycles. The Labute approximate surface area is 126 Å². The quantitative estimate of drug-likeness (QED) is 0.694. The van der Waals surface area contributed by atoms with Crippen LogP contribution in [-0.4, -0.2) is 34.5 Å². The van der Waals surface area contributed by atoms with E-state index >= 15 is 0 Å². The summed E-state index contributed by atoms with van der Waals surface area (Å²) < 4.78 is 27.0. The van der Waals surface area contributed by atoms with Crippen LogP contribution >= 0.6 is 0 Å². The van der Waals surface area contributed by atoms with Crippen molar-refractivity contribution in [1.29, 1.82) is 0 Å². The lowest BCUT2D eigenvalue weighted by Crippen LogP contribution is -2.43. The molecule has 0 saturated carbocycles. The van der Waals surface area contributed by atoms with Gasteiger partial charge in [0.1, 0.15) is 0 Å². The summed E-state index contributed by atoms with van der Waals surface area (Å²) in [6.07, 6.45) is 0.849. The molecule has 21 heavy (non-hydrogen) atoms. The van der Waals surface area contributed by atoms with Crippen LogP contribution in [-0.2, 0) is 14.8 Å². The van der Waals surface area contributed by atoms with E-state index in [9.17, 15) is 13.2 Å². The van der Waals surface area contributed by atoms with Gasteiger partial charge >= 0.3 is 0 Å². The fourth-order valence-corrected chi connectivity index (χ4v) is 3.33. The molecule has 0 spiro atoms. The number of sulfonamides is 1. The van der Waals surface area contributed by atoms with Crippen molar-refractivity contribution in [1.82, 2.24) is 15.4 Å². The lowest BCUT2D eigenvalue weighted by atomic mass is 10.1. The number of benzene rings is 1. The van der Waals surface area contributed by atoms with Gasteiger partial charge in [0.25, 0.3) is 0 Å². The van der Waals surface area contributed by atoms with E-state index in [1.54, 1.807) is 12.1 Å². The molecule has 0 aliphatic carbocycles. The van der Waals surface area contributed by atoms with Crippen LogP contribution in [0.2, 0.25) is 0 Å². The van der Waals surface area contributed by atoms with Crippen LogP contribution in [0.15, 0.2) is 29.2 Å². The van der Waals surface area contributed by atoms with Crippen LogP contribution in [0.5, 0.6) is 0 Å². The maximum Gasteiger partial charge on any atom is 0.241 e. The van der Waals surface area contributed by atoms with Crippen molar-refractivity contribution in [2.45, 2.75) is 37.2 Å². The van der Waals surface area contributed by atoms with Gasteiger partial charge in [-0.15, -0.1) is 0 Å². The molecule has 6 nitrogen and oxygen atoms in total. The second kappa shape index (κ2) is 7.53. The van der Waals surface area contributed by atoms with Gasteiger partial charge in [0.05, 0.1) is 10.9 Å². The molecular formula is C14H23N3O3S. The van der Waals surface area contributed by atoms with Gasteiger partial charge in [0, 0.05) is 13.1 Å². The van der Waals surface area contributed by atoms with Crippen molar-refractivity contribution < 1.29 is 13.2 Å². The summed E-state index contributed by atoms with van der Waals surface area (Å²) in [6.45, 7) is 3.52. The fourth-order valence-electron chi connectivity index (χ4n) is 2.08. The van der Waals surface area contributed by atoms with E-state index in [0.29, 0.717) is 0 Å². The molecule has 2 atom stereocenters. The lowest BCUT2D eigenvalue weighted by molar-refractivity contribution is -0.121. The molecule has 0 aromatic heterocycles. The first-order valence-corrected chi connectivity index (χ1v) is 8.35. The molecule has 0 saturated heterocycles. The van der Waals surface area contributed by atoms with E-state index < -0.39 is 16.1 Å². The fraction of sp³-hybridized carbons (Fsp3) is 0.500. The number of rotatable bonds is 7. The monoisotopic (exact) mass is 313 g/mol. The minimum absolute atomic E-state index is 0.0940. The molecule has 118 valence electrons. The maximum absolute atomic E-state index is 12.3. The summed E-state index contributed by atoms with van der Waals surface area (Å²) >= 11 is 0. The van der Waals surface area contributed by atoms with Gasteiger partial charge in [-0.3, -0.25) is 4.79 Å². The Balaban J connectivity index is 3.04. The number of hydrogen-bond donors (Lipinski definition) is 3. The second-order valence-electron chi connectivity index (χ2n) is 4.78. The zero-order valence-corrected chi connectivity index (χ0v) is 13.6. The van der Waals surface area contributed by atoms with Gasteiger partial charge in [-0.1, -0.05) is 19.1 Å². The lowest BCUT2D eigenvalue weighted by Gasteiger charge is -2.17. The first-order chi connectivity index (χ1) is 9.85. The van der Waals surface area contributed by atoms with E-state index in [-0.39, 0.29) is 16.8 Å². The highest BCUT2D eigenvalue weighted by Gasteiger charge is 2.22. The van der Waals surface area contributed by atoms with Crippen LogP contribution in [0.25, 0.3) is 0 Å². The highest BCUT2D eigenvalue weighted by atomic mass is 32.2. The molecule has 0 aliphatic rings. The minimum atomic E-state index is -3.73. The van der Waals surface area contributed by atoms with Gasteiger partial charge in [0.2, 0.25) is 15.9 Å². The van der Waals surface area contributed by atoms with E-state index in [4.69, 9.17) is 0 Å². The molecule has 0 aliphatic heterocycles. The van der Waals surface area contributed by atoms with Gasteiger partial charge in [-0.2, -0.15) is 4.72 Å². The average molecular weight is 313 g/mol. The molecular weight excluding hydrogens is 290 g/mol. The molecule has 1 aromatic rings. The van der Waals surface area contributed by atoms with Crippen molar-refractivity contribution >= 4 is 15.9 Å². The minimum Gasteiger partial charge on any atom is -0.358 e. The summed E-state index contributed by atoms with van der Waals surface area (Å²) in [5.74, 6) is -0.378. The third-order valence-electron chi connectivity index (χ3n) is 3.30. The third-order valence-corrected chi connectivity index (χ3v) is 4.84. The summed E-state index contributed by atoms with van der Waals surface area (Å²) in [7, 11) is -0.426. The predicted octanol–water partition coefficient (Wildman–Crippen LogP) is 0.770. The molecule has 1 aromatic carbocycles. The number of nitrogens with one attached hydrogen (secondary N) is 3. The smallest absolute Gasteiger partial charge is 0.241 e. The van der Waals surface area contributed by atoms with Crippen LogP contribution < -0.4 is 15.4 Å². The number of carbonyl (C=O) groups is 1. The van der Waals surface area contributed by atoms with Crippen LogP contribution in [0, 0.1) is 0 Å². The van der Waals surface area contributed by atoms with Crippen molar-refractivity contribution in [3.05, 3.63) is 29.8 Å². The average Bonchev–Trinajstić information content (AvgIpc) is 2.47. The van der Waals surface area contributed by atoms with E-state index in [0.717, 1.165) is 12.0 Å². The molecule has 0 bridgehead atoms. The Morgan fingerprint density at radius 1 is 1.29 bits per heavy atom. The maximum atomic E-state index is 12.3. The Hall–Kier alpha value is -1.44. The Morgan fingerprint density at radius 3 is 2.48 bits per heavy atom. The number of amides is 1. The number of hydrogen-bond acceptors (Lipinski definition) is 4. The second-order valence-corrected chi connectivity index (χ2v) is 6.49. The summed E-state index contributed by atoms with van der Waals surface area (Å²) in [5, 5.41) is 5.55. The molecule has 7 heteroatoms. The van der Waals surface area contributed by atoms with E-state index in [1.807, 2.05) is 20.0 Å². The molecule has 0 fully saturated rings. The Bertz CT molecular complexity index is 583. The van der Waals surface area contributed by atoms with Gasteiger partial charge in [-0.25, -0.2) is 8.42 Å². The molecule has 0 radical (unpaired) electrons. The van der Waals surface area contributed by atoms with Crippen LogP contribution in [0.1, 0.15) is 31.9 Å². The molecule has 3 N–H and O–H groups in total. The third kappa shape index (κ3) is 4.52. The Morgan fingerprint density at radius 2 is 1.95 bits per heavy atom. The van der Waals surface area contributed by atoms with Gasteiger partial charge < -0.3 is 10.6 Å². The zero-order chi connectivity index (χ0) is 16.0. The van der Waals surface area contributed by atoms with Crippen molar-refractivity contribution in [3.8, 4) is 0 Å². The largest absolute Gasteiger partial charge is 0.358 e. The van der Waals surface area contributed by atoms with Crippen molar-refractivity contribution in [2.24, 2.45) is 0 Å². The first kappa shape index (κ1) is 17.6. The van der Waals surface area contributed by atoms with E-state index in [1.165, 1.54) is 20.0 Å². The standard InChI is InChI=1S/C14H23N3O3S/c1-5-13(15-3)11-7-6-8-12(9-11)21(19,20)17-10(2)14(18)16-4/h6-10,13,15,17H,5H2,1-4H3,(H,16,18). The van der Waals surface area contributed by atoms with Gasteiger partial charge in [-0.05, 0) is 38.1 Å². The topological polar surface area (TPSA) is 87.3 Å². The van der Waals surface area contributed by atoms with E-state index in [2.05, 4.69) is 15.4 Å². The highest BCUT2D eigenvalue weighted by molar-refractivity contribution is 7.89. The molecule has 2 unspecified atom stereocenters. The Kier molecular flexibility index (Phi) is 6.32. The molecule has 1 rings (SSSR count). The van der Waals surface area contributed by atoms with Crippen LogP contribution in [0.3, 0.4) is 0 Å². The summed E-state index contributed by atoms with van der Waals surface area (Å²) in [6, 6.07) is 6.00. The normalized spacial score (nSPS) is 14.5. The summed E-state index contributed by atoms with van der Waals surface area (Å²) in [4.78, 5) is 11.6. The van der Waals surface area contributed by atoms with Crippen molar-refractivity contribution in [2.75, 3.05) is 14.1 Å². The predicted molar refractivity (Wildman–Crippen MR) is 82.4 cm³/mol. The number of likely N-dealkylation sites (N-methyl/N-ethyl adjacent to an activating group) is 1. The van der Waals surface area contributed by atoms with Crippen LogP contribution in [0.4, 0.5) is 0 Å². The SMILES string of the molecule is CCC(NC)c1cccc(S(=O)(=O)NC(C)C(=O)NC)c1. The zero-order valence-electron chi connectivity index (χ0n) is 12.8.